The van der Waals surface area contributed by atoms with E-state index >= 15 is 0 Å². The zero-order valence-electron chi connectivity index (χ0n) is 12.8. The number of pyridine rings is 1. The molecule has 0 radical (unpaired) electrons. The van der Waals surface area contributed by atoms with Crippen LogP contribution in [0.5, 0.6) is 0 Å². The standard InChI is InChI=1S/C17H20N2O2S2/c20-11-12(9-13-3-1-2-6-18-13)10-19-17(21)16-14-4-7-22-15(14)5-8-23-16/h1-4,6-7,12,16,20H,5,8-11H2,(H,19,21). The molecule has 3 rings (SSSR count). The maximum atomic E-state index is 12.5. The smallest absolute Gasteiger partial charge is 0.237 e. The van der Waals surface area contributed by atoms with Crippen molar-refractivity contribution < 1.29 is 9.90 Å². The first-order chi connectivity index (χ1) is 11.3. The summed E-state index contributed by atoms with van der Waals surface area (Å²) in [4.78, 5) is 18.1. The Morgan fingerprint density at radius 2 is 2.35 bits per heavy atom. The Kier molecular flexibility index (Phi) is 5.70. The Labute approximate surface area is 144 Å². The lowest BCUT2D eigenvalue weighted by atomic mass is 10.0. The van der Waals surface area contributed by atoms with Gasteiger partial charge in [0.1, 0.15) is 5.25 Å². The highest BCUT2D eigenvalue weighted by atomic mass is 32.2. The number of fused-ring (bicyclic) bond motifs is 1. The number of thiophene rings is 1. The first-order valence-corrected chi connectivity index (χ1v) is 9.67. The number of aromatic nitrogens is 1. The van der Waals surface area contributed by atoms with Crippen molar-refractivity contribution in [1.29, 1.82) is 0 Å². The van der Waals surface area contributed by atoms with Gasteiger partial charge in [0.05, 0.1) is 0 Å². The molecule has 3 heterocycles. The van der Waals surface area contributed by atoms with Gasteiger partial charge in [-0.05, 0) is 47.7 Å². The molecule has 2 aromatic heterocycles. The highest BCUT2D eigenvalue weighted by Gasteiger charge is 2.28. The summed E-state index contributed by atoms with van der Waals surface area (Å²) in [5.41, 5.74) is 2.10. The van der Waals surface area contributed by atoms with Gasteiger partial charge >= 0.3 is 0 Å². The third-order valence-corrected chi connectivity index (χ3v) is 6.20. The van der Waals surface area contributed by atoms with Gasteiger partial charge in [-0.2, -0.15) is 0 Å². The third kappa shape index (κ3) is 4.13. The van der Waals surface area contributed by atoms with Gasteiger partial charge in [0.15, 0.2) is 0 Å². The summed E-state index contributed by atoms with van der Waals surface area (Å²) in [6.45, 7) is 0.515. The predicted molar refractivity (Wildman–Crippen MR) is 94.7 cm³/mol. The Morgan fingerprint density at radius 3 is 3.13 bits per heavy atom. The minimum Gasteiger partial charge on any atom is -0.396 e. The Balaban J connectivity index is 1.56. The van der Waals surface area contributed by atoms with Crippen LogP contribution < -0.4 is 5.32 Å². The van der Waals surface area contributed by atoms with Gasteiger partial charge in [0.2, 0.25) is 5.91 Å². The molecule has 6 heteroatoms. The molecule has 0 aromatic carbocycles. The number of carbonyl (C=O) groups is 1. The topological polar surface area (TPSA) is 62.2 Å². The lowest BCUT2D eigenvalue weighted by Gasteiger charge is -2.23. The molecule has 1 amide bonds. The second-order valence-electron chi connectivity index (χ2n) is 5.62. The van der Waals surface area contributed by atoms with Crippen molar-refractivity contribution in [3.63, 3.8) is 0 Å². The fraction of sp³-hybridized carbons (Fsp3) is 0.412. The number of nitrogens with zero attached hydrogens (tertiary/aromatic N) is 1. The highest BCUT2D eigenvalue weighted by molar-refractivity contribution is 8.00. The van der Waals surface area contributed by atoms with E-state index in [1.54, 1.807) is 29.3 Å². The van der Waals surface area contributed by atoms with E-state index in [0.717, 1.165) is 23.4 Å². The van der Waals surface area contributed by atoms with Crippen molar-refractivity contribution in [2.24, 2.45) is 5.92 Å². The van der Waals surface area contributed by atoms with Crippen LogP contribution in [-0.4, -0.2) is 34.9 Å². The predicted octanol–water partition coefficient (Wildman–Crippen LogP) is 2.44. The fourth-order valence-corrected chi connectivity index (χ4v) is 5.03. The van der Waals surface area contributed by atoms with Crippen molar-refractivity contribution in [2.45, 2.75) is 18.1 Å². The Bertz CT molecular complexity index is 645. The van der Waals surface area contributed by atoms with E-state index in [1.807, 2.05) is 18.2 Å². The number of amides is 1. The Morgan fingerprint density at radius 1 is 1.43 bits per heavy atom. The molecule has 2 unspecified atom stereocenters. The number of carbonyl (C=O) groups excluding carboxylic acids is 1. The summed E-state index contributed by atoms with van der Waals surface area (Å²) in [5, 5.41) is 14.5. The van der Waals surface area contributed by atoms with Crippen molar-refractivity contribution >= 4 is 29.0 Å². The van der Waals surface area contributed by atoms with Gasteiger partial charge < -0.3 is 10.4 Å². The van der Waals surface area contributed by atoms with Crippen molar-refractivity contribution in [1.82, 2.24) is 10.3 Å². The average Bonchev–Trinajstić information content (AvgIpc) is 3.07. The van der Waals surface area contributed by atoms with Gasteiger partial charge in [-0.25, -0.2) is 0 Å². The molecule has 1 aliphatic heterocycles. The first-order valence-electron chi connectivity index (χ1n) is 7.74. The summed E-state index contributed by atoms with van der Waals surface area (Å²) in [6.07, 6.45) is 3.47. The first kappa shape index (κ1) is 16.5. The van der Waals surface area contributed by atoms with Crippen LogP contribution in [0, 0.1) is 5.92 Å². The molecular weight excluding hydrogens is 328 g/mol. The summed E-state index contributed by atoms with van der Waals surface area (Å²) in [6, 6.07) is 7.82. The van der Waals surface area contributed by atoms with Gasteiger partial charge in [-0.15, -0.1) is 23.1 Å². The van der Waals surface area contributed by atoms with Crippen LogP contribution in [0.15, 0.2) is 35.8 Å². The molecule has 2 aromatic rings. The number of hydrogen-bond acceptors (Lipinski definition) is 5. The number of rotatable bonds is 6. The van der Waals surface area contributed by atoms with Gasteiger partial charge in [-0.3, -0.25) is 9.78 Å². The summed E-state index contributed by atoms with van der Waals surface area (Å²) >= 11 is 3.44. The van der Waals surface area contributed by atoms with Crippen molar-refractivity contribution in [3.05, 3.63) is 52.0 Å². The van der Waals surface area contributed by atoms with Crippen LogP contribution in [0.25, 0.3) is 0 Å². The number of thioether (sulfide) groups is 1. The van der Waals surface area contributed by atoms with E-state index in [2.05, 4.69) is 21.7 Å². The van der Waals surface area contributed by atoms with Gasteiger partial charge in [-0.1, -0.05) is 6.07 Å². The largest absolute Gasteiger partial charge is 0.396 e. The second-order valence-corrected chi connectivity index (χ2v) is 7.83. The molecule has 0 saturated heterocycles. The monoisotopic (exact) mass is 348 g/mol. The van der Waals surface area contributed by atoms with Gasteiger partial charge in [0, 0.05) is 35.8 Å². The normalized spacial score (nSPS) is 18.2. The molecule has 2 atom stereocenters. The fourth-order valence-electron chi connectivity index (χ4n) is 2.72. The zero-order chi connectivity index (χ0) is 16.1. The molecule has 4 nitrogen and oxygen atoms in total. The lowest BCUT2D eigenvalue weighted by molar-refractivity contribution is -0.120. The summed E-state index contributed by atoms with van der Waals surface area (Å²) in [5.74, 6) is 1.03. The second kappa shape index (κ2) is 7.95. The van der Waals surface area contributed by atoms with Crippen LogP contribution in [0.2, 0.25) is 0 Å². The summed E-state index contributed by atoms with van der Waals surface area (Å²) in [7, 11) is 0. The van der Waals surface area contributed by atoms with E-state index in [-0.39, 0.29) is 23.7 Å². The minimum atomic E-state index is -0.112. The van der Waals surface area contributed by atoms with Crippen molar-refractivity contribution in [3.8, 4) is 0 Å². The lowest BCUT2D eigenvalue weighted by Crippen LogP contribution is -2.35. The van der Waals surface area contributed by atoms with E-state index in [9.17, 15) is 9.90 Å². The number of aliphatic hydroxyl groups excluding tert-OH is 1. The van der Waals surface area contributed by atoms with E-state index in [0.29, 0.717) is 13.0 Å². The highest BCUT2D eigenvalue weighted by Crippen LogP contribution is 2.39. The number of nitrogens with one attached hydrogen (secondary N) is 1. The van der Waals surface area contributed by atoms with Crippen LogP contribution >= 0.6 is 23.1 Å². The maximum Gasteiger partial charge on any atom is 0.237 e. The molecule has 0 saturated carbocycles. The zero-order valence-corrected chi connectivity index (χ0v) is 14.4. The molecular formula is C17H20N2O2S2. The molecule has 23 heavy (non-hydrogen) atoms. The minimum absolute atomic E-state index is 0.00983. The van der Waals surface area contributed by atoms with Gasteiger partial charge in [0.25, 0.3) is 0 Å². The maximum absolute atomic E-state index is 12.5. The van der Waals surface area contributed by atoms with Crippen molar-refractivity contribution in [2.75, 3.05) is 18.9 Å². The van der Waals surface area contributed by atoms with Crippen LogP contribution in [0.1, 0.15) is 21.4 Å². The molecule has 0 bridgehead atoms. The van der Waals surface area contributed by atoms with E-state index in [4.69, 9.17) is 0 Å². The van der Waals surface area contributed by atoms with Crippen LogP contribution in [0.3, 0.4) is 0 Å². The molecule has 122 valence electrons. The Hall–Kier alpha value is -1.37. The van der Waals surface area contributed by atoms with Crippen LogP contribution in [0.4, 0.5) is 0 Å². The summed E-state index contributed by atoms with van der Waals surface area (Å²) < 4.78 is 0. The molecule has 1 aliphatic rings. The van der Waals surface area contributed by atoms with E-state index < -0.39 is 0 Å². The molecule has 0 spiro atoms. The van der Waals surface area contributed by atoms with E-state index in [1.165, 1.54) is 4.88 Å². The average molecular weight is 348 g/mol. The van der Waals surface area contributed by atoms with Crippen LogP contribution in [-0.2, 0) is 17.6 Å². The number of aliphatic hydroxyl groups is 1. The number of aryl methyl sites for hydroxylation is 1. The molecule has 0 aliphatic carbocycles. The quantitative estimate of drug-likeness (QED) is 0.842. The SMILES string of the molecule is O=C(NCC(CO)Cc1ccccn1)C1SCCc2sccc21. The number of hydrogen-bond donors (Lipinski definition) is 2. The molecule has 2 N–H and O–H groups in total. The molecule has 0 fully saturated rings. The third-order valence-electron chi connectivity index (χ3n) is 3.96.